The highest BCUT2D eigenvalue weighted by Gasteiger charge is 2.32. The molecule has 0 bridgehead atoms. The Hall–Kier alpha value is -1.75. The Morgan fingerprint density at radius 3 is 2.83 bits per heavy atom. The van der Waals surface area contributed by atoms with Gasteiger partial charge in [-0.15, -0.1) is 0 Å². The maximum atomic E-state index is 12.5. The first-order valence-electron chi connectivity index (χ1n) is 8.63. The van der Waals surface area contributed by atoms with E-state index in [9.17, 15) is 4.79 Å². The summed E-state index contributed by atoms with van der Waals surface area (Å²) in [5.74, 6) is 1.02. The maximum absolute atomic E-state index is 12.5. The largest absolute Gasteiger partial charge is 0.495 e. The lowest BCUT2D eigenvalue weighted by atomic mass is 10.0. The Bertz CT molecular complexity index is 549. The summed E-state index contributed by atoms with van der Waals surface area (Å²) in [6.07, 6.45) is 5.06. The fraction of sp³-hybridized carbons (Fsp3) is 0.611. The summed E-state index contributed by atoms with van der Waals surface area (Å²) in [6.45, 7) is 1.82. The van der Waals surface area contributed by atoms with Gasteiger partial charge in [0.15, 0.2) is 0 Å². The molecule has 23 heavy (non-hydrogen) atoms. The number of piperidine rings is 1. The number of amides is 1. The summed E-state index contributed by atoms with van der Waals surface area (Å²) in [5.41, 5.74) is 7.16. The number of nitrogens with zero attached hydrogens (tertiary/aromatic N) is 1. The number of anilines is 1. The molecule has 5 nitrogen and oxygen atoms in total. The summed E-state index contributed by atoms with van der Waals surface area (Å²) in [4.78, 5) is 14.8. The van der Waals surface area contributed by atoms with Crippen molar-refractivity contribution in [2.75, 3.05) is 25.1 Å². The first-order valence-corrected chi connectivity index (χ1v) is 8.63. The Balaban J connectivity index is 1.63. The van der Waals surface area contributed by atoms with E-state index in [0.29, 0.717) is 0 Å². The second kappa shape index (κ2) is 7.21. The zero-order valence-electron chi connectivity index (χ0n) is 13.8. The normalized spacial score (nSPS) is 27.7. The third kappa shape index (κ3) is 3.61. The predicted octanol–water partition coefficient (Wildman–Crippen LogP) is 1.91. The average Bonchev–Trinajstić information content (AvgIpc) is 3.01. The van der Waals surface area contributed by atoms with Gasteiger partial charge in [0, 0.05) is 25.2 Å². The van der Waals surface area contributed by atoms with E-state index in [-0.39, 0.29) is 23.9 Å². The molecule has 1 saturated carbocycles. The fourth-order valence-corrected chi connectivity index (χ4v) is 3.83. The van der Waals surface area contributed by atoms with Crippen LogP contribution < -0.4 is 20.7 Å². The van der Waals surface area contributed by atoms with Crippen molar-refractivity contribution in [3.8, 4) is 5.75 Å². The van der Waals surface area contributed by atoms with E-state index in [2.05, 4.69) is 16.3 Å². The number of hydrogen-bond acceptors (Lipinski definition) is 4. The summed E-state index contributed by atoms with van der Waals surface area (Å²) >= 11 is 0. The van der Waals surface area contributed by atoms with Gasteiger partial charge >= 0.3 is 0 Å². The zero-order valence-corrected chi connectivity index (χ0v) is 13.8. The third-order valence-electron chi connectivity index (χ3n) is 5.10. The zero-order chi connectivity index (χ0) is 16.2. The topological polar surface area (TPSA) is 67.6 Å². The van der Waals surface area contributed by atoms with Gasteiger partial charge in [-0.1, -0.05) is 18.6 Å². The van der Waals surface area contributed by atoms with Crippen molar-refractivity contribution in [1.29, 1.82) is 0 Å². The van der Waals surface area contributed by atoms with Crippen LogP contribution in [-0.2, 0) is 4.79 Å². The number of ether oxygens (including phenoxy) is 1. The fourth-order valence-electron chi connectivity index (χ4n) is 3.83. The quantitative estimate of drug-likeness (QED) is 0.890. The molecular formula is C18H27N3O2. The number of nitrogens with one attached hydrogen (secondary N) is 1. The van der Waals surface area contributed by atoms with Crippen LogP contribution >= 0.6 is 0 Å². The molecule has 0 spiro atoms. The lowest BCUT2D eigenvalue weighted by Crippen LogP contribution is -2.50. The molecule has 1 amide bonds. The number of benzene rings is 1. The second-order valence-corrected chi connectivity index (χ2v) is 6.67. The number of hydrogen-bond donors (Lipinski definition) is 2. The van der Waals surface area contributed by atoms with E-state index in [1.54, 1.807) is 7.11 Å². The first-order chi connectivity index (χ1) is 11.2. The van der Waals surface area contributed by atoms with Crippen LogP contribution in [0.5, 0.6) is 5.75 Å². The highest BCUT2D eigenvalue weighted by atomic mass is 16.5. The monoisotopic (exact) mass is 317 g/mol. The van der Waals surface area contributed by atoms with Crippen molar-refractivity contribution in [2.45, 2.75) is 44.2 Å². The number of nitrogens with two attached hydrogens (primary N) is 1. The minimum Gasteiger partial charge on any atom is -0.495 e. The molecule has 2 aliphatic rings. The molecule has 0 radical (unpaired) electrons. The standard InChI is InChI=1S/C18H27N3O2/c1-23-17-10-3-2-9-16(17)21-11-5-6-13(12-21)20-18(22)14-7-4-8-15(14)19/h2-3,9-10,13-15H,4-8,11-12,19H2,1H3,(H,20,22)/t13-,14+,15-/m0/s1. The summed E-state index contributed by atoms with van der Waals surface area (Å²) in [6, 6.07) is 8.29. The van der Waals surface area contributed by atoms with Crippen molar-refractivity contribution in [1.82, 2.24) is 5.32 Å². The smallest absolute Gasteiger partial charge is 0.224 e. The third-order valence-corrected chi connectivity index (χ3v) is 5.10. The van der Waals surface area contributed by atoms with Crippen molar-refractivity contribution < 1.29 is 9.53 Å². The van der Waals surface area contributed by atoms with Crippen molar-refractivity contribution >= 4 is 11.6 Å². The Labute approximate surface area is 138 Å². The lowest BCUT2D eigenvalue weighted by molar-refractivity contribution is -0.125. The van der Waals surface area contributed by atoms with Crippen LogP contribution in [0.1, 0.15) is 32.1 Å². The van der Waals surface area contributed by atoms with Gasteiger partial charge in [-0.3, -0.25) is 4.79 Å². The highest BCUT2D eigenvalue weighted by molar-refractivity contribution is 5.80. The molecule has 2 fully saturated rings. The number of carbonyl (C=O) groups is 1. The van der Waals surface area contributed by atoms with Gasteiger partial charge in [0.1, 0.15) is 5.75 Å². The van der Waals surface area contributed by atoms with Crippen molar-refractivity contribution in [3.05, 3.63) is 24.3 Å². The Morgan fingerprint density at radius 2 is 2.09 bits per heavy atom. The van der Waals surface area contributed by atoms with Gasteiger partial charge in [0.05, 0.1) is 18.7 Å². The van der Waals surface area contributed by atoms with E-state index in [0.717, 1.165) is 56.6 Å². The summed E-state index contributed by atoms with van der Waals surface area (Å²) in [5, 5.41) is 3.23. The predicted molar refractivity (Wildman–Crippen MR) is 91.7 cm³/mol. The van der Waals surface area contributed by atoms with Gasteiger partial charge in [-0.2, -0.15) is 0 Å². The molecule has 1 aromatic carbocycles. The van der Waals surface area contributed by atoms with Crippen molar-refractivity contribution in [3.63, 3.8) is 0 Å². The highest BCUT2D eigenvalue weighted by Crippen LogP contribution is 2.30. The number of carbonyl (C=O) groups excluding carboxylic acids is 1. The average molecular weight is 317 g/mol. The van der Waals surface area contributed by atoms with Gasteiger partial charge in [-0.05, 0) is 37.8 Å². The minimum absolute atomic E-state index is 0.00311. The molecule has 0 aromatic heterocycles. The molecule has 5 heteroatoms. The van der Waals surface area contributed by atoms with Crippen LogP contribution in [0.3, 0.4) is 0 Å². The van der Waals surface area contributed by atoms with Gasteiger partial charge in [-0.25, -0.2) is 0 Å². The molecule has 3 N–H and O–H groups in total. The first kappa shape index (κ1) is 16.1. The lowest BCUT2D eigenvalue weighted by Gasteiger charge is -2.36. The SMILES string of the molecule is COc1ccccc1N1CCC[C@H](NC(=O)[C@@H]2CCC[C@@H]2N)C1. The molecular weight excluding hydrogens is 290 g/mol. The molecule has 1 aromatic rings. The molecule has 126 valence electrons. The van der Waals surface area contributed by atoms with E-state index in [1.807, 2.05) is 18.2 Å². The second-order valence-electron chi connectivity index (χ2n) is 6.67. The minimum atomic E-state index is -0.00311. The van der Waals surface area contributed by atoms with Gasteiger partial charge in [0.25, 0.3) is 0 Å². The molecule has 3 rings (SSSR count). The van der Waals surface area contributed by atoms with E-state index in [1.165, 1.54) is 0 Å². The van der Waals surface area contributed by atoms with Gasteiger partial charge in [0.2, 0.25) is 5.91 Å². The van der Waals surface area contributed by atoms with Crippen LogP contribution in [-0.4, -0.2) is 38.2 Å². The van der Waals surface area contributed by atoms with Crippen LogP contribution in [0.2, 0.25) is 0 Å². The molecule has 1 aliphatic carbocycles. The molecule has 3 atom stereocenters. The Kier molecular flexibility index (Phi) is 5.06. The molecule has 0 unspecified atom stereocenters. The van der Waals surface area contributed by atoms with Crippen LogP contribution in [0.25, 0.3) is 0 Å². The molecule has 1 heterocycles. The van der Waals surface area contributed by atoms with E-state index in [4.69, 9.17) is 10.5 Å². The number of rotatable bonds is 4. The van der Waals surface area contributed by atoms with E-state index >= 15 is 0 Å². The van der Waals surface area contributed by atoms with Gasteiger partial charge < -0.3 is 20.7 Å². The maximum Gasteiger partial charge on any atom is 0.224 e. The number of para-hydroxylation sites is 2. The summed E-state index contributed by atoms with van der Waals surface area (Å²) in [7, 11) is 1.70. The number of methoxy groups -OCH3 is 1. The van der Waals surface area contributed by atoms with Crippen LogP contribution in [0.4, 0.5) is 5.69 Å². The van der Waals surface area contributed by atoms with Crippen LogP contribution in [0.15, 0.2) is 24.3 Å². The molecule has 1 saturated heterocycles. The Morgan fingerprint density at radius 1 is 1.26 bits per heavy atom. The molecule has 1 aliphatic heterocycles. The van der Waals surface area contributed by atoms with Crippen LogP contribution in [0, 0.1) is 5.92 Å². The van der Waals surface area contributed by atoms with Crippen molar-refractivity contribution in [2.24, 2.45) is 11.7 Å². The summed E-state index contributed by atoms with van der Waals surface area (Å²) < 4.78 is 5.46. The van der Waals surface area contributed by atoms with E-state index < -0.39 is 0 Å².